The maximum Gasteiger partial charge on any atom is 0.119 e. The molecule has 2 aromatic carbocycles. The summed E-state index contributed by atoms with van der Waals surface area (Å²) in [5.74, 6) is 1.60. The summed E-state index contributed by atoms with van der Waals surface area (Å²) in [5, 5.41) is 10.5. The van der Waals surface area contributed by atoms with E-state index in [-0.39, 0.29) is 12.5 Å². The minimum atomic E-state index is -0.602. The van der Waals surface area contributed by atoms with E-state index in [1.165, 1.54) is 5.56 Å². The van der Waals surface area contributed by atoms with E-state index in [0.717, 1.165) is 29.9 Å². The van der Waals surface area contributed by atoms with Crippen LogP contribution < -0.4 is 15.2 Å². The lowest BCUT2D eigenvalue weighted by Crippen LogP contribution is -2.41. The van der Waals surface area contributed by atoms with Gasteiger partial charge in [0.05, 0.1) is 13.2 Å². The number of aliphatic hydroxyl groups is 1. The number of methoxy groups -OCH3 is 1. The van der Waals surface area contributed by atoms with Crippen molar-refractivity contribution < 1.29 is 14.6 Å². The van der Waals surface area contributed by atoms with Crippen LogP contribution in [-0.4, -0.2) is 30.5 Å². The van der Waals surface area contributed by atoms with Crippen molar-refractivity contribution in [2.75, 3.05) is 13.7 Å². The van der Waals surface area contributed by atoms with Gasteiger partial charge in [0.2, 0.25) is 0 Å². The minimum absolute atomic E-state index is 0.00827. The van der Waals surface area contributed by atoms with Gasteiger partial charge < -0.3 is 20.3 Å². The molecule has 3 N–H and O–H groups in total. The van der Waals surface area contributed by atoms with E-state index >= 15 is 0 Å². The molecular weight excluding hydrogens is 338 g/mol. The molecule has 0 saturated heterocycles. The van der Waals surface area contributed by atoms with E-state index in [9.17, 15) is 5.11 Å². The highest BCUT2D eigenvalue weighted by atomic mass is 16.5. The van der Waals surface area contributed by atoms with E-state index in [1.54, 1.807) is 7.11 Å². The van der Waals surface area contributed by atoms with E-state index in [4.69, 9.17) is 15.2 Å². The van der Waals surface area contributed by atoms with E-state index in [2.05, 4.69) is 19.1 Å². The zero-order valence-corrected chi connectivity index (χ0v) is 16.9. The molecule has 0 saturated carbocycles. The Morgan fingerprint density at radius 1 is 1.00 bits per heavy atom. The first-order valence-corrected chi connectivity index (χ1v) is 9.66. The van der Waals surface area contributed by atoms with E-state index in [1.807, 2.05) is 50.2 Å². The minimum Gasteiger partial charge on any atom is -0.497 e. The second-order valence-electron chi connectivity index (χ2n) is 7.74. The molecule has 0 heterocycles. The van der Waals surface area contributed by atoms with Crippen LogP contribution in [0.4, 0.5) is 0 Å². The van der Waals surface area contributed by atoms with Crippen molar-refractivity contribution in [2.24, 2.45) is 5.73 Å². The summed E-state index contributed by atoms with van der Waals surface area (Å²) in [6, 6.07) is 16.0. The Kier molecular flexibility index (Phi) is 7.69. The molecular formula is C23H33NO3. The van der Waals surface area contributed by atoms with Gasteiger partial charge in [-0.1, -0.05) is 37.6 Å². The van der Waals surface area contributed by atoms with Crippen LogP contribution in [0.2, 0.25) is 0 Å². The summed E-state index contributed by atoms with van der Waals surface area (Å²) in [6.07, 6.45) is 2.12. The lowest BCUT2D eigenvalue weighted by atomic mass is 9.79. The van der Waals surface area contributed by atoms with Crippen molar-refractivity contribution in [1.29, 1.82) is 0 Å². The molecule has 4 heteroatoms. The Morgan fingerprint density at radius 2 is 1.59 bits per heavy atom. The molecule has 148 valence electrons. The van der Waals surface area contributed by atoms with Gasteiger partial charge in [0.1, 0.15) is 18.1 Å². The van der Waals surface area contributed by atoms with Gasteiger partial charge in [-0.25, -0.2) is 0 Å². The van der Waals surface area contributed by atoms with Gasteiger partial charge in [-0.05, 0) is 62.1 Å². The Balaban J connectivity index is 1.97. The van der Waals surface area contributed by atoms with E-state index < -0.39 is 11.6 Å². The molecule has 0 amide bonds. The van der Waals surface area contributed by atoms with Crippen molar-refractivity contribution >= 4 is 0 Å². The molecule has 2 unspecified atom stereocenters. The van der Waals surface area contributed by atoms with Gasteiger partial charge in [0.25, 0.3) is 0 Å². The SMILES string of the molecule is CCCc1ccc(OCC(O)CC(c2ccc(OC)cc2)C(C)(C)N)cc1. The molecule has 27 heavy (non-hydrogen) atoms. The van der Waals surface area contributed by atoms with Crippen molar-refractivity contribution in [1.82, 2.24) is 0 Å². The van der Waals surface area contributed by atoms with Gasteiger partial charge >= 0.3 is 0 Å². The normalized spacial score (nSPS) is 13.9. The monoisotopic (exact) mass is 371 g/mol. The number of rotatable bonds is 10. The maximum atomic E-state index is 10.5. The highest BCUT2D eigenvalue weighted by molar-refractivity contribution is 5.31. The Hall–Kier alpha value is -2.04. The van der Waals surface area contributed by atoms with Gasteiger partial charge in [0.15, 0.2) is 0 Å². The third-order valence-electron chi connectivity index (χ3n) is 4.83. The van der Waals surface area contributed by atoms with Crippen LogP contribution in [-0.2, 0) is 6.42 Å². The van der Waals surface area contributed by atoms with Crippen molar-refractivity contribution in [3.63, 3.8) is 0 Å². The first-order valence-electron chi connectivity index (χ1n) is 9.66. The third kappa shape index (κ3) is 6.56. The smallest absolute Gasteiger partial charge is 0.119 e. The molecule has 0 aliphatic heterocycles. The summed E-state index contributed by atoms with van der Waals surface area (Å²) in [4.78, 5) is 0. The molecule has 0 radical (unpaired) electrons. The first kappa shape index (κ1) is 21.3. The van der Waals surface area contributed by atoms with Gasteiger partial charge in [-0.2, -0.15) is 0 Å². The molecule has 0 bridgehead atoms. The zero-order chi connectivity index (χ0) is 19.9. The Morgan fingerprint density at radius 3 is 2.11 bits per heavy atom. The standard InChI is InChI=1S/C23H33NO3/c1-5-6-17-7-11-21(12-8-17)27-16-19(25)15-22(23(2,3)24)18-9-13-20(26-4)14-10-18/h7-14,19,22,25H,5-6,15-16,24H2,1-4H3. The van der Waals surface area contributed by atoms with Gasteiger partial charge in [0, 0.05) is 11.5 Å². The van der Waals surface area contributed by atoms with Crippen LogP contribution in [0, 0.1) is 0 Å². The van der Waals surface area contributed by atoms with Gasteiger partial charge in [-0.15, -0.1) is 0 Å². The van der Waals surface area contributed by atoms with Crippen LogP contribution in [0.3, 0.4) is 0 Å². The summed E-state index contributed by atoms with van der Waals surface area (Å²) >= 11 is 0. The van der Waals surface area contributed by atoms with Crippen molar-refractivity contribution in [3.8, 4) is 11.5 Å². The first-order chi connectivity index (χ1) is 12.8. The van der Waals surface area contributed by atoms with Crippen LogP contribution in [0.5, 0.6) is 11.5 Å². The molecule has 0 aliphatic rings. The predicted molar refractivity (Wildman–Crippen MR) is 111 cm³/mol. The van der Waals surface area contributed by atoms with Crippen LogP contribution in [0.15, 0.2) is 48.5 Å². The number of hydrogen-bond donors (Lipinski definition) is 2. The summed E-state index contributed by atoms with van der Waals surface area (Å²) < 4.78 is 11.0. The Labute approximate surface area is 163 Å². The maximum absolute atomic E-state index is 10.5. The fourth-order valence-corrected chi connectivity index (χ4v) is 3.28. The van der Waals surface area contributed by atoms with Crippen LogP contribution in [0.1, 0.15) is 50.7 Å². The van der Waals surface area contributed by atoms with Crippen molar-refractivity contribution in [3.05, 3.63) is 59.7 Å². The highest BCUT2D eigenvalue weighted by Crippen LogP contribution is 2.32. The lowest BCUT2D eigenvalue weighted by Gasteiger charge is -2.32. The van der Waals surface area contributed by atoms with Crippen LogP contribution in [0.25, 0.3) is 0 Å². The molecule has 2 atom stereocenters. The molecule has 4 nitrogen and oxygen atoms in total. The second kappa shape index (κ2) is 9.77. The third-order valence-corrected chi connectivity index (χ3v) is 4.83. The number of hydrogen-bond acceptors (Lipinski definition) is 4. The number of ether oxygens (including phenoxy) is 2. The number of nitrogens with two attached hydrogens (primary N) is 1. The van der Waals surface area contributed by atoms with Gasteiger partial charge in [-0.3, -0.25) is 0 Å². The number of aliphatic hydroxyl groups excluding tert-OH is 1. The topological polar surface area (TPSA) is 64.7 Å². The molecule has 0 aliphatic carbocycles. The quantitative estimate of drug-likeness (QED) is 0.654. The summed E-state index contributed by atoms with van der Waals surface area (Å²) in [5.41, 5.74) is 8.33. The lowest BCUT2D eigenvalue weighted by molar-refractivity contribution is 0.0861. The second-order valence-corrected chi connectivity index (χ2v) is 7.74. The predicted octanol–water partition coefficient (Wildman–Crippen LogP) is 4.30. The summed E-state index contributed by atoms with van der Waals surface area (Å²) in [6.45, 7) is 6.39. The Bertz CT molecular complexity index is 674. The molecule has 0 spiro atoms. The van der Waals surface area contributed by atoms with Crippen molar-refractivity contribution in [2.45, 2.75) is 57.6 Å². The fraction of sp³-hybridized carbons (Fsp3) is 0.478. The average Bonchev–Trinajstić information content (AvgIpc) is 2.65. The zero-order valence-electron chi connectivity index (χ0n) is 16.9. The highest BCUT2D eigenvalue weighted by Gasteiger charge is 2.29. The van der Waals surface area contributed by atoms with Crippen LogP contribution >= 0.6 is 0 Å². The molecule has 2 rings (SSSR count). The summed E-state index contributed by atoms with van der Waals surface area (Å²) in [7, 11) is 1.65. The fourth-order valence-electron chi connectivity index (χ4n) is 3.28. The largest absolute Gasteiger partial charge is 0.497 e. The van der Waals surface area contributed by atoms with E-state index in [0.29, 0.717) is 6.42 Å². The molecule has 0 fully saturated rings. The number of aryl methyl sites for hydroxylation is 1. The molecule has 2 aromatic rings. The number of benzene rings is 2. The average molecular weight is 372 g/mol. The molecule has 0 aromatic heterocycles.